The second kappa shape index (κ2) is 7.48. The van der Waals surface area contributed by atoms with Crippen LogP contribution in [0.1, 0.15) is 39.0 Å². The molecule has 3 heteroatoms. The molecule has 0 aromatic carbocycles. The number of methoxy groups -OCH3 is 1. The molecule has 0 heterocycles. The lowest BCUT2D eigenvalue weighted by Gasteiger charge is -2.29. The van der Waals surface area contributed by atoms with Crippen molar-refractivity contribution in [3.63, 3.8) is 0 Å². The lowest BCUT2D eigenvalue weighted by molar-refractivity contribution is 0.0583. The SMILES string of the molecule is COC1CCCC(NCC(C)CCCl)C1. The molecule has 1 aliphatic rings. The highest BCUT2D eigenvalue weighted by atomic mass is 35.5. The summed E-state index contributed by atoms with van der Waals surface area (Å²) >= 11 is 5.72. The van der Waals surface area contributed by atoms with Gasteiger partial charge in [0.05, 0.1) is 6.10 Å². The molecule has 1 N–H and O–H groups in total. The zero-order valence-corrected chi connectivity index (χ0v) is 10.7. The maximum Gasteiger partial charge on any atom is 0.0586 e. The predicted molar refractivity (Wildman–Crippen MR) is 65.6 cm³/mol. The Morgan fingerprint density at radius 2 is 2.27 bits per heavy atom. The number of rotatable bonds is 6. The van der Waals surface area contributed by atoms with Gasteiger partial charge in [-0.2, -0.15) is 0 Å². The van der Waals surface area contributed by atoms with Gasteiger partial charge in [-0.1, -0.05) is 6.92 Å². The number of nitrogens with one attached hydrogen (secondary N) is 1. The Balaban J connectivity index is 2.14. The molecule has 15 heavy (non-hydrogen) atoms. The van der Waals surface area contributed by atoms with E-state index in [4.69, 9.17) is 16.3 Å². The van der Waals surface area contributed by atoms with E-state index in [0.717, 1.165) is 18.8 Å². The standard InChI is InChI=1S/C12H24ClNO/c1-10(6-7-13)9-14-11-4-3-5-12(8-11)15-2/h10-12,14H,3-9H2,1-2H3. The van der Waals surface area contributed by atoms with Gasteiger partial charge in [0.25, 0.3) is 0 Å². The molecule has 0 aliphatic heterocycles. The van der Waals surface area contributed by atoms with E-state index in [-0.39, 0.29) is 0 Å². The van der Waals surface area contributed by atoms with Gasteiger partial charge >= 0.3 is 0 Å². The zero-order valence-electron chi connectivity index (χ0n) is 9.97. The molecular formula is C12H24ClNO. The minimum absolute atomic E-state index is 0.472. The summed E-state index contributed by atoms with van der Waals surface area (Å²) in [5.74, 6) is 1.46. The van der Waals surface area contributed by atoms with Crippen molar-refractivity contribution < 1.29 is 4.74 Å². The lowest BCUT2D eigenvalue weighted by Crippen LogP contribution is -2.38. The van der Waals surface area contributed by atoms with Crippen LogP contribution in [0.4, 0.5) is 0 Å². The fourth-order valence-corrected chi connectivity index (χ4v) is 2.57. The number of halogens is 1. The summed E-state index contributed by atoms with van der Waals surface area (Å²) < 4.78 is 5.41. The first-order valence-electron chi connectivity index (χ1n) is 6.08. The molecule has 1 fully saturated rings. The maximum absolute atomic E-state index is 5.72. The number of hydrogen-bond acceptors (Lipinski definition) is 2. The minimum atomic E-state index is 0.472. The number of ether oxygens (including phenoxy) is 1. The van der Waals surface area contributed by atoms with Crippen molar-refractivity contribution in [3.05, 3.63) is 0 Å². The van der Waals surface area contributed by atoms with Gasteiger partial charge in [0.15, 0.2) is 0 Å². The molecular weight excluding hydrogens is 210 g/mol. The van der Waals surface area contributed by atoms with Crippen molar-refractivity contribution in [2.75, 3.05) is 19.5 Å². The second-order valence-corrected chi connectivity index (χ2v) is 5.09. The molecule has 90 valence electrons. The van der Waals surface area contributed by atoms with E-state index in [1.807, 2.05) is 7.11 Å². The topological polar surface area (TPSA) is 21.3 Å². The molecule has 1 rings (SSSR count). The molecule has 2 nitrogen and oxygen atoms in total. The highest BCUT2D eigenvalue weighted by molar-refractivity contribution is 6.17. The highest BCUT2D eigenvalue weighted by Gasteiger charge is 2.21. The monoisotopic (exact) mass is 233 g/mol. The number of hydrogen-bond donors (Lipinski definition) is 1. The van der Waals surface area contributed by atoms with Crippen LogP contribution >= 0.6 is 11.6 Å². The molecule has 0 spiro atoms. The molecule has 0 amide bonds. The summed E-state index contributed by atoms with van der Waals surface area (Å²) in [6.07, 6.45) is 6.57. The van der Waals surface area contributed by atoms with Crippen molar-refractivity contribution in [1.82, 2.24) is 5.32 Å². The Bertz CT molecular complexity index is 166. The van der Waals surface area contributed by atoms with E-state index in [0.29, 0.717) is 18.1 Å². The van der Waals surface area contributed by atoms with E-state index < -0.39 is 0 Å². The van der Waals surface area contributed by atoms with Crippen molar-refractivity contribution in [1.29, 1.82) is 0 Å². The van der Waals surface area contributed by atoms with E-state index >= 15 is 0 Å². The van der Waals surface area contributed by atoms with Gasteiger partial charge < -0.3 is 10.1 Å². The smallest absolute Gasteiger partial charge is 0.0586 e. The zero-order chi connectivity index (χ0) is 11.1. The summed E-state index contributed by atoms with van der Waals surface area (Å²) in [7, 11) is 1.82. The van der Waals surface area contributed by atoms with Crippen LogP contribution in [0.3, 0.4) is 0 Å². The van der Waals surface area contributed by atoms with Gasteiger partial charge in [-0.3, -0.25) is 0 Å². The van der Waals surface area contributed by atoms with Crippen LogP contribution in [0, 0.1) is 5.92 Å². The van der Waals surface area contributed by atoms with Crippen molar-refractivity contribution in [2.45, 2.75) is 51.2 Å². The maximum atomic E-state index is 5.72. The van der Waals surface area contributed by atoms with Crippen molar-refractivity contribution in [2.24, 2.45) is 5.92 Å². The fourth-order valence-electron chi connectivity index (χ4n) is 2.20. The van der Waals surface area contributed by atoms with E-state index in [1.165, 1.54) is 25.7 Å². The molecule has 1 saturated carbocycles. The first-order chi connectivity index (χ1) is 7.26. The minimum Gasteiger partial charge on any atom is -0.381 e. The number of alkyl halides is 1. The largest absolute Gasteiger partial charge is 0.381 e. The van der Waals surface area contributed by atoms with E-state index in [1.54, 1.807) is 0 Å². The lowest BCUT2D eigenvalue weighted by atomic mass is 9.92. The van der Waals surface area contributed by atoms with Crippen LogP contribution in [0.15, 0.2) is 0 Å². The predicted octanol–water partition coefficient (Wildman–Crippen LogP) is 2.80. The molecule has 0 aromatic heterocycles. The van der Waals surface area contributed by atoms with Crippen molar-refractivity contribution >= 4 is 11.6 Å². The van der Waals surface area contributed by atoms with E-state index in [2.05, 4.69) is 12.2 Å². The first kappa shape index (κ1) is 13.3. The van der Waals surface area contributed by atoms with Gasteiger partial charge in [0.2, 0.25) is 0 Å². The molecule has 0 saturated heterocycles. The van der Waals surface area contributed by atoms with E-state index in [9.17, 15) is 0 Å². The highest BCUT2D eigenvalue weighted by Crippen LogP contribution is 2.20. The van der Waals surface area contributed by atoms with Gasteiger partial charge in [-0.15, -0.1) is 11.6 Å². The third kappa shape index (κ3) is 5.19. The fraction of sp³-hybridized carbons (Fsp3) is 1.00. The Labute approximate surface area is 98.7 Å². The van der Waals surface area contributed by atoms with Crippen LogP contribution in [0.2, 0.25) is 0 Å². The summed E-state index contributed by atoms with van der Waals surface area (Å²) in [5.41, 5.74) is 0. The molecule has 0 bridgehead atoms. The Hall–Kier alpha value is 0.210. The molecule has 0 radical (unpaired) electrons. The molecule has 1 aliphatic carbocycles. The summed E-state index contributed by atoms with van der Waals surface area (Å²) in [4.78, 5) is 0. The summed E-state index contributed by atoms with van der Waals surface area (Å²) in [6, 6.07) is 0.654. The third-order valence-electron chi connectivity index (χ3n) is 3.32. The molecule has 3 atom stereocenters. The summed E-state index contributed by atoms with van der Waals surface area (Å²) in [6.45, 7) is 3.35. The Morgan fingerprint density at radius 3 is 2.93 bits per heavy atom. The molecule has 3 unspecified atom stereocenters. The van der Waals surface area contributed by atoms with Gasteiger partial charge in [0.1, 0.15) is 0 Å². The summed E-state index contributed by atoms with van der Waals surface area (Å²) in [5, 5.41) is 3.63. The second-order valence-electron chi connectivity index (χ2n) is 4.71. The van der Waals surface area contributed by atoms with Crippen molar-refractivity contribution in [3.8, 4) is 0 Å². The first-order valence-corrected chi connectivity index (χ1v) is 6.61. The Kier molecular flexibility index (Phi) is 6.62. The van der Waals surface area contributed by atoms with Crippen LogP contribution in [-0.4, -0.2) is 31.7 Å². The molecule has 0 aromatic rings. The van der Waals surface area contributed by atoms with Gasteiger partial charge in [0, 0.05) is 19.0 Å². The van der Waals surface area contributed by atoms with Crippen LogP contribution in [0.25, 0.3) is 0 Å². The quantitative estimate of drug-likeness (QED) is 0.713. The van der Waals surface area contributed by atoms with Crippen LogP contribution in [0.5, 0.6) is 0 Å². The normalized spacial score (nSPS) is 29.0. The average molecular weight is 234 g/mol. The Morgan fingerprint density at radius 1 is 1.47 bits per heavy atom. The average Bonchev–Trinajstić information content (AvgIpc) is 2.27. The third-order valence-corrected chi connectivity index (χ3v) is 3.53. The van der Waals surface area contributed by atoms with Crippen LogP contribution in [-0.2, 0) is 4.74 Å². The van der Waals surface area contributed by atoms with Gasteiger partial charge in [-0.25, -0.2) is 0 Å². The van der Waals surface area contributed by atoms with Crippen LogP contribution < -0.4 is 5.32 Å². The van der Waals surface area contributed by atoms with Gasteiger partial charge in [-0.05, 0) is 44.6 Å².